The van der Waals surface area contributed by atoms with E-state index >= 15 is 0 Å². The van der Waals surface area contributed by atoms with E-state index in [0.29, 0.717) is 6.42 Å². The molecule has 7 nitrogen and oxygen atoms in total. The number of carbonyl (C=O) groups excluding carboxylic acids is 1. The van der Waals surface area contributed by atoms with E-state index in [4.69, 9.17) is 0 Å². The number of rotatable bonds is 5. The second kappa shape index (κ2) is 7.94. The fraction of sp³-hybridized carbons (Fsp3) is 0.304. The van der Waals surface area contributed by atoms with E-state index < -0.39 is 0 Å². The molecule has 1 amide bonds. The van der Waals surface area contributed by atoms with Crippen molar-refractivity contribution in [1.29, 1.82) is 0 Å². The van der Waals surface area contributed by atoms with Crippen molar-refractivity contribution >= 4 is 16.9 Å². The van der Waals surface area contributed by atoms with Crippen LogP contribution in [0, 0.1) is 5.82 Å². The van der Waals surface area contributed by atoms with Gasteiger partial charge < -0.3 is 5.32 Å². The van der Waals surface area contributed by atoms with Crippen LogP contribution < -0.4 is 5.32 Å². The molecular weight excluding hydrogens is 395 g/mol. The van der Waals surface area contributed by atoms with E-state index in [2.05, 4.69) is 20.7 Å². The largest absolute Gasteiger partial charge is 0.349 e. The van der Waals surface area contributed by atoms with Gasteiger partial charge in [-0.15, -0.1) is 5.10 Å². The molecule has 2 unspecified atom stereocenters. The molecule has 0 bridgehead atoms. The van der Waals surface area contributed by atoms with Crippen molar-refractivity contribution in [3.8, 4) is 5.69 Å². The lowest BCUT2D eigenvalue weighted by Gasteiger charge is -2.25. The van der Waals surface area contributed by atoms with Gasteiger partial charge in [-0.1, -0.05) is 17.3 Å². The number of fused-ring (bicyclic) bond motifs is 2. The average Bonchev–Trinajstić information content (AvgIpc) is 3.39. The zero-order valence-corrected chi connectivity index (χ0v) is 17.2. The molecule has 4 aromatic rings. The number of para-hydroxylation sites is 1. The Bertz CT molecular complexity index is 1230. The lowest BCUT2D eigenvalue weighted by Crippen LogP contribution is -2.32. The van der Waals surface area contributed by atoms with E-state index in [1.54, 1.807) is 16.8 Å². The maximum absolute atomic E-state index is 13.3. The van der Waals surface area contributed by atoms with E-state index in [1.165, 1.54) is 12.1 Å². The standard InChI is InChI=1S/C23H23FN6O/c1-15(29-22-7-3-2-5-20(22)27-28-29)13-23(31)26-19-6-4-8-21-18(19)14-25-30(21)17-11-9-16(24)10-12-17/h2-3,5,7,9-12,14-15,19H,4,6,8,13H2,1H3,(H,26,31). The van der Waals surface area contributed by atoms with E-state index in [0.717, 1.165) is 47.2 Å². The van der Waals surface area contributed by atoms with Crippen molar-refractivity contribution in [2.24, 2.45) is 0 Å². The summed E-state index contributed by atoms with van der Waals surface area (Å²) in [6.07, 6.45) is 4.82. The Kier molecular flexibility index (Phi) is 4.97. The molecule has 1 N–H and O–H groups in total. The van der Waals surface area contributed by atoms with Gasteiger partial charge in [0.05, 0.1) is 29.5 Å². The van der Waals surface area contributed by atoms with Crippen molar-refractivity contribution in [2.75, 3.05) is 0 Å². The summed E-state index contributed by atoms with van der Waals surface area (Å²) in [5, 5.41) is 16.1. The highest BCUT2D eigenvalue weighted by Gasteiger charge is 2.27. The van der Waals surface area contributed by atoms with Gasteiger partial charge in [-0.25, -0.2) is 13.8 Å². The lowest BCUT2D eigenvalue weighted by molar-refractivity contribution is -0.122. The van der Waals surface area contributed by atoms with Crippen LogP contribution in [-0.2, 0) is 11.2 Å². The number of carbonyl (C=O) groups is 1. The van der Waals surface area contributed by atoms with Crippen LogP contribution in [0.25, 0.3) is 16.7 Å². The number of hydrogen-bond acceptors (Lipinski definition) is 4. The number of benzene rings is 2. The van der Waals surface area contributed by atoms with Crippen molar-refractivity contribution in [3.05, 3.63) is 71.8 Å². The quantitative estimate of drug-likeness (QED) is 0.533. The Morgan fingerprint density at radius 1 is 1.23 bits per heavy atom. The van der Waals surface area contributed by atoms with Crippen LogP contribution in [0.1, 0.15) is 49.5 Å². The highest BCUT2D eigenvalue weighted by Crippen LogP contribution is 2.31. The van der Waals surface area contributed by atoms with Crippen molar-refractivity contribution < 1.29 is 9.18 Å². The van der Waals surface area contributed by atoms with E-state index in [-0.39, 0.29) is 23.8 Å². The first kappa shape index (κ1) is 19.4. The Labute approximate surface area is 178 Å². The topological polar surface area (TPSA) is 77.6 Å². The zero-order chi connectivity index (χ0) is 21.4. The summed E-state index contributed by atoms with van der Waals surface area (Å²) < 4.78 is 16.9. The monoisotopic (exact) mass is 418 g/mol. The molecule has 2 heterocycles. The maximum atomic E-state index is 13.3. The molecule has 0 radical (unpaired) electrons. The number of nitrogens with one attached hydrogen (secondary N) is 1. The third kappa shape index (κ3) is 3.69. The zero-order valence-electron chi connectivity index (χ0n) is 17.2. The molecule has 5 rings (SSSR count). The SMILES string of the molecule is CC(CC(=O)NC1CCCc2c1cnn2-c1ccc(F)cc1)n1nnc2ccccc21. The van der Waals surface area contributed by atoms with Gasteiger partial charge in [0.25, 0.3) is 0 Å². The minimum Gasteiger partial charge on any atom is -0.349 e. The molecule has 2 aromatic heterocycles. The van der Waals surface area contributed by atoms with Crippen LogP contribution in [0.15, 0.2) is 54.7 Å². The summed E-state index contributed by atoms with van der Waals surface area (Å²) in [7, 11) is 0. The van der Waals surface area contributed by atoms with Gasteiger partial charge >= 0.3 is 0 Å². The number of halogens is 1. The van der Waals surface area contributed by atoms with Crippen LogP contribution in [0.4, 0.5) is 4.39 Å². The van der Waals surface area contributed by atoms with Crippen molar-refractivity contribution in [3.63, 3.8) is 0 Å². The number of nitrogens with zero attached hydrogens (tertiary/aromatic N) is 5. The summed E-state index contributed by atoms with van der Waals surface area (Å²) in [4.78, 5) is 12.8. The molecule has 158 valence electrons. The lowest BCUT2D eigenvalue weighted by atomic mass is 9.92. The van der Waals surface area contributed by atoms with Gasteiger partial charge in [0.15, 0.2) is 0 Å². The van der Waals surface area contributed by atoms with E-state index in [1.807, 2.05) is 42.1 Å². The first-order valence-corrected chi connectivity index (χ1v) is 10.5. The van der Waals surface area contributed by atoms with Gasteiger partial charge in [0.2, 0.25) is 5.91 Å². The van der Waals surface area contributed by atoms with Gasteiger partial charge in [0.1, 0.15) is 11.3 Å². The molecule has 1 aliphatic rings. The van der Waals surface area contributed by atoms with Gasteiger partial charge in [-0.05, 0) is 62.6 Å². The molecule has 2 atom stereocenters. The van der Waals surface area contributed by atoms with Crippen molar-refractivity contribution in [2.45, 2.75) is 44.7 Å². The van der Waals surface area contributed by atoms with Gasteiger partial charge in [-0.3, -0.25) is 4.79 Å². The number of aromatic nitrogens is 5. The minimum absolute atomic E-state index is 0.0283. The molecule has 0 aliphatic heterocycles. The predicted molar refractivity (Wildman–Crippen MR) is 114 cm³/mol. The highest BCUT2D eigenvalue weighted by atomic mass is 19.1. The third-order valence-electron chi connectivity index (χ3n) is 5.87. The second-order valence-corrected chi connectivity index (χ2v) is 8.02. The van der Waals surface area contributed by atoms with Gasteiger partial charge in [-0.2, -0.15) is 5.10 Å². The first-order valence-electron chi connectivity index (χ1n) is 10.5. The molecule has 0 fully saturated rings. The molecule has 0 saturated heterocycles. The Morgan fingerprint density at radius 3 is 2.87 bits per heavy atom. The summed E-state index contributed by atoms with van der Waals surface area (Å²) in [5.74, 6) is -0.302. The van der Waals surface area contributed by atoms with Crippen LogP contribution in [-0.4, -0.2) is 30.7 Å². The molecule has 1 aliphatic carbocycles. The normalized spacial score (nSPS) is 16.8. The Hall–Kier alpha value is -3.55. The Morgan fingerprint density at radius 2 is 2.03 bits per heavy atom. The molecule has 8 heteroatoms. The summed E-state index contributed by atoms with van der Waals surface area (Å²) >= 11 is 0. The van der Waals surface area contributed by atoms with Crippen LogP contribution in [0.5, 0.6) is 0 Å². The van der Waals surface area contributed by atoms with Crippen LogP contribution in [0.3, 0.4) is 0 Å². The summed E-state index contributed by atoms with van der Waals surface area (Å²) in [5.41, 5.74) is 4.66. The molecule has 2 aromatic carbocycles. The Balaban J connectivity index is 1.31. The van der Waals surface area contributed by atoms with Crippen molar-refractivity contribution in [1.82, 2.24) is 30.1 Å². The van der Waals surface area contributed by atoms with Crippen LogP contribution in [0.2, 0.25) is 0 Å². The number of amides is 1. The minimum atomic E-state index is -0.274. The van der Waals surface area contributed by atoms with Gasteiger partial charge in [0, 0.05) is 17.7 Å². The predicted octanol–water partition coefficient (Wildman–Crippen LogP) is 3.90. The fourth-order valence-corrected chi connectivity index (χ4v) is 4.33. The first-order chi connectivity index (χ1) is 15.1. The smallest absolute Gasteiger partial charge is 0.222 e. The molecular formula is C23H23FN6O. The van der Waals surface area contributed by atoms with E-state index in [9.17, 15) is 9.18 Å². The second-order valence-electron chi connectivity index (χ2n) is 8.02. The number of hydrogen-bond donors (Lipinski definition) is 1. The van der Waals surface area contributed by atoms with Crippen LogP contribution >= 0.6 is 0 Å². The summed E-state index contributed by atoms with van der Waals surface area (Å²) in [6.45, 7) is 1.97. The summed E-state index contributed by atoms with van der Waals surface area (Å²) in [6, 6.07) is 13.8. The fourth-order valence-electron chi connectivity index (χ4n) is 4.33. The average molecular weight is 418 g/mol. The maximum Gasteiger partial charge on any atom is 0.222 e. The molecule has 31 heavy (non-hydrogen) atoms. The molecule has 0 saturated carbocycles. The highest BCUT2D eigenvalue weighted by molar-refractivity contribution is 5.78. The molecule has 0 spiro atoms. The third-order valence-corrected chi connectivity index (χ3v) is 5.87.